The van der Waals surface area contributed by atoms with Crippen LogP contribution in [0.5, 0.6) is 5.75 Å². The summed E-state index contributed by atoms with van der Waals surface area (Å²) in [5.41, 5.74) is 4.72. The Kier molecular flexibility index (Phi) is 9.53. The number of carbonyl (C=O) groups is 2. The minimum absolute atomic E-state index is 0.0463. The van der Waals surface area contributed by atoms with E-state index in [1.165, 1.54) is 24.6 Å². The largest absolute Gasteiger partial charge is 0.481 e. The number of aliphatic carboxylic acids is 1. The third kappa shape index (κ3) is 8.30. The third-order valence-corrected chi connectivity index (χ3v) is 4.99. The first-order valence-electron chi connectivity index (χ1n) is 10.1. The maximum Gasteiger partial charge on any atom is 0.387 e. The molecule has 0 amide bonds. The number of benzene rings is 1. The van der Waals surface area contributed by atoms with Crippen LogP contribution in [0.2, 0.25) is 5.02 Å². The topological polar surface area (TPSA) is 110 Å². The molecule has 11 heteroatoms. The van der Waals surface area contributed by atoms with Crippen LogP contribution in [0.15, 0.2) is 30.6 Å². The van der Waals surface area contributed by atoms with E-state index in [-0.39, 0.29) is 29.4 Å². The number of Topliss-reactive ketones (excluding diaryl/α,β-unsaturated/α-hetero) is 1. The average molecular weight is 483 g/mol. The van der Waals surface area contributed by atoms with Gasteiger partial charge in [-0.15, -0.1) is 0 Å². The number of hydrogen-bond donors (Lipinski definition) is 2. The number of carbonyl (C=O) groups excluding carboxylic acids is 1. The minimum atomic E-state index is -2.92. The highest BCUT2D eigenvalue weighted by Gasteiger charge is 2.12. The van der Waals surface area contributed by atoms with Crippen LogP contribution < -0.4 is 4.74 Å². The molecule has 0 saturated carbocycles. The molecule has 0 saturated heterocycles. The molecule has 0 aliphatic heterocycles. The average Bonchev–Trinajstić information content (AvgIpc) is 3.33. The maximum absolute atomic E-state index is 12.4. The van der Waals surface area contributed by atoms with E-state index < -0.39 is 12.6 Å². The Morgan fingerprint density at radius 3 is 2.52 bits per heavy atom. The Morgan fingerprint density at radius 1 is 1.24 bits per heavy atom. The van der Waals surface area contributed by atoms with Gasteiger partial charge in [-0.2, -0.15) is 19.0 Å². The number of rotatable bonds is 9. The molecule has 3 aromatic rings. The Balaban J connectivity index is 0.000000414. The Morgan fingerprint density at radius 2 is 1.97 bits per heavy atom. The standard InChI is InChI=1S/C17H17ClF2N4O.C5H8O3/c1-10-14(11(2)23-22-10)5-6-24-9-13(8-21-24)12-3-4-15(18)16(7-12)25-17(19)20;1-4(6)2-3-5(7)8/h3-4,7-9,17H,5-6H2,1-2H3,(H,22,23);2-3H2,1H3,(H,7,8). The van der Waals surface area contributed by atoms with Crippen LogP contribution in [0.3, 0.4) is 0 Å². The number of halogens is 3. The van der Waals surface area contributed by atoms with E-state index in [1.54, 1.807) is 12.3 Å². The summed E-state index contributed by atoms with van der Waals surface area (Å²) in [6, 6.07) is 4.76. The zero-order valence-electron chi connectivity index (χ0n) is 18.4. The lowest BCUT2D eigenvalue weighted by atomic mass is 10.1. The first-order chi connectivity index (χ1) is 15.6. The number of H-pyrrole nitrogens is 1. The van der Waals surface area contributed by atoms with E-state index in [0.29, 0.717) is 12.1 Å². The van der Waals surface area contributed by atoms with Gasteiger partial charge < -0.3 is 14.6 Å². The van der Waals surface area contributed by atoms with Gasteiger partial charge in [0.2, 0.25) is 0 Å². The van der Waals surface area contributed by atoms with Crippen molar-refractivity contribution in [3.63, 3.8) is 0 Å². The summed E-state index contributed by atoms with van der Waals surface area (Å²) in [5, 5.41) is 19.6. The number of carboxylic acids is 1. The van der Waals surface area contributed by atoms with Crippen molar-refractivity contribution in [1.29, 1.82) is 0 Å². The fourth-order valence-electron chi connectivity index (χ4n) is 2.96. The second kappa shape index (κ2) is 12.1. The molecule has 2 N–H and O–H groups in total. The molecule has 2 heterocycles. The molecule has 0 spiro atoms. The van der Waals surface area contributed by atoms with Crippen molar-refractivity contribution in [2.24, 2.45) is 0 Å². The summed E-state index contributed by atoms with van der Waals surface area (Å²) in [6.07, 6.45) is 4.45. The Hall–Kier alpha value is -3.27. The number of carboxylic acid groups (broad SMARTS) is 1. The van der Waals surface area contributed by atoms with E-state index in [4.69, 9.17) is 16.7 Å². The van der Waals surface area contributed by atoms with Gasteiger partial charge in [-0.1, -0.05) is 17.7 Å². The fraction of sp³-hybridized carbons (Fsp3) is 0.364. The van der Waals surface area contributed by atoms with Gasteiger partial charge in [-0.25, -0.2) is 0 Å². The first-order valence-corrected chi connectivity index (χ1v) is 10.4. The number of alkyl halides is 2. The number of aromatic nitrogens is 4. The van der Waals surface area contributed by atoms with Crippen molar-refractivity contribution in [2.45, 2.75) is 53.2 Å². The van der Waals surface area contributed by atoms with Crippen LogP contribution in [0.25, 0.3) is 11.1 Å². The SMILES string of the molecule is CC(=O)CCC(=O)O.Cc1n[nH]c(C)c1CCn1cc(-c2ccc(Cl)c(OC(F)F)c2)cn1. The molecule has 2 aromatic heterocycles. The molecule has 8 nitrogen and oxygen atoms in total. The van der Waals surface area contributed by atoms with Crippen LogP contribution >= 0.6 is 11.6 Å². The highest BCUT2D eigenvalue weighted by atomic mass is 35.5. The molecular formula is C22H25ClF2N4O4. The van der Waals surface area contributed by atoms with Crippen LogP contribution in [0.4, 0.5) is 8.78 Å². The summed E-state index contributed by atoms with van der Waals surface area (Å²) in [4.78, 5) is 19.8. The van der Waals surface area contributed by atoms with Gasteiger partial charge in [0.1, 0.15) is 11.5 Å². The molecule has 0 unspecified atom stereocenters. The summed E-state index contributed by atoms with van der Waals surface area (Å²) in [5.74, 6) is -1.04. The van der Waals surface area contributed by atoms with Crippen molar-refractivity contribution >= 4 is 23.4 Å². The summed E-state index contributed by atoms with van der Waals surface area (Å²) in [6.45, 7) is 3.10. The molecule has 3 rings (SSSR count). The van der Waals surface area contributed by atoms with Crippen LogP contribution in [-0.4, -0.2) is 43.4 Å². The number of aryl methyl sites for hydroxylation is 3. The maximum atomic E-state index is 12.4. The summed E-state index contributed by atoms with van der Waals surface area (Å²) in [7, 11) is 0. The molecule has 0 radical (unpaired) electrons. The van der Waals surface area contributed by atoms with Gasteiger partial charge in [-0.3, -0.25) is 14.6 Å². The van der Waals surface area contributed by atoms with E-state index in [0.717, 1.165) is 23.4 Å². The minimum Gasteiger partial charge on any atom is -0.481 e. The van der Waals surface area contributed by atoms with Gasteiger partial charge in [-0.05, 0) is 50.5 Å². The van der Waals surface area contributed by atoms with Crippen molar-refractivity contribution in [1.82, 2.24) is 20.0 Å². The molecule has 0 fully saturated rings. The quantitative estimate of drug-likeness (QED) is 0.452. The lowest BCUT2D eigenvalue weighted by Crippen LogP contribution is -2.03. The van der Waals surface area contributed by atoms with Gasteiger partial charge >= 0.3 is 12.6 Å². The van der Waals surface area contributed by atoms with E-state index in [9.17, 15) is 18.4 Å². The van der Waals surface area contributed by atoms with E-state index in [2.05, 4.69) is 20.0 Å². The number of ketones is 1. The zero-order chi connectivity index (χ0) is 24.5. The normalized spacial score (nSPS) is 10.6. The molecule has 33 heavy (non-hydrogen) atoms. The molecule has 178 valence electrons. The van der Waals surface area contributed by atoms with Gasteiger partial charge in [0.25, 0.3) is 0 Å². The Labute approximate surface area is 194 Å². The summed E-state index contributed by atoms with van der Waals surface area (Å²) < 4.78 is 31.1. The van der Waals surface area contributed by atoms with Crippen molar-refractivity contribution in [3.05, 3.63) is 52.6 Å². The zero-order valence-corrected chi connectivity index (χ0v) is 19.2. The van der Waals surface area contributed by atoms with Crippen molar-refractivity contribution in [2.75, 3.05) is 0 Å². The van der Waals surface area contributed by atoms with Gasteiger partial charge in [0, 0.05) is 30.4 Å². The summed E-state index contributed by atoms with van der Waals surface area (Å²) >= 11 is 5.88. The third-order valence-electron chi connectivity index (χ3n) is 4.68. The second-order valence-corrected chi connectivity index (χ2v) is 7.68. The first kappa shape index (κ1) is 26.0. The van der Waals surface area contributed by atoms with Crippen molar-refractivity contribution < 1.29 is 28.2 Å². The molecule has 1 aromatic carbocycles. The van der Waals surface area contributed by atoms with Crippen LogP contribution in [0, 0.1) is 13.8 Å². The smallest absolute Gasteiger partial charge is 0.387 e. The van der Waals surface area contributed by atoms with Crippen molar-refractivity contribution in [3.8, 4) is 16.9 Å². The number of ether oxygens (including phenoxy) is 1. The Bertz CT molecular complexity index is 1060. The molecule has 0 bridgehead atoms. The predicted octanol–water partition coefficient (Wildman–Crippen LogP) is 4.83. The molecule has 0 atom stereocenters. The predicted molar refractivity (Wildman–Crippen MR) is 119 cm³/mol. The highest BCUT2D eigenvalue weighted by molar-refractivity contribution is 6.32. The van der Waals surface area contributed by atoms with E-state index >= 15 is 0 Å². The highest BCUT2D eigenvalue weighted by Crippen LogP contribution is 2.31. The lowest BCUT2D eigenvalue weighted by Gasteiger charge is -2.08. The number of aromatic amines is 1. The fourth-order valence-corrected chi connectivity index (χ4v) is 3.12. The van der Waals surface area contributed by atoms with Crippen LogP contribution in [0.1, 0.15) is 36.7 Å². The van der Waals surface area contributed by atoms with Crippen LogP contribution in [-0.2, 0) is 22.6 Å². The molecule has 0 aliphatic rings. The van der Waals surface area contributed by atoms with Gasteiger partial charge in [0.15, 0.2) is 0 Å². The number of hydrogen-bond acceptors (Lipinski definition) is 5. The monoisotopic (exact) mass is 482 g/mol. The van der Waals surface area contributed by atoms with E-state index in [1.807, 2.05) is 24.7 Å². The number of nitrogens with one attached hydrogen (secondary N) is 1. The molecule has 0 aliphatic carbocycles. The lowest BCUT2D eigenvalue weighted by molar-refractivity contribution is -0.138. The number of nitrogens with zero attached hydrogens (tertiary/aromatic N) is 3. The molecular weight excluding hydrogens is 458 g/mol. The second-order valence-electron chi connectivity index (χ2n) is 7.27. The van der Waals surface area contributed by atoms with Gasteiger partial charge in [0.05, 0.1) is 23.3 Å².